The van der Waals surface area contributed by atoms with Gasteiger partial charge in [-0.3, -0.25) is 4.79 Å². The number of hydrogen-bond acceptors (Lipinski definition) is 3. The number of aliphatic hydroxyl groups excluding tert-OH is 1. The summed E-state index contributed by atoms with van der Waals surface area (Å²) in [6, 6.07) is 3.65. The lowest BCUT2D eigenvalue weighted by Gasteiger charge is -2.11. The third-order valence-electron chi connectivity index (χ3n) is 2.38. The monoisotopic (exact) mass is 225 g/mol. The van der Waals surface area contributed by atoms with Crippen LogP contribution in [-0.2, 0) is 4.79 Å². The molecule has 4 nitrogen and oxygen atoms in total. The molecular weight excluding hydrogens is 206 g/mol. The molecule has 1 amide bonds. The van der Waals surface area contributed by atoms with Crippen LogP contribution in [0.15, 0.2) is 16.5 Å². The Hall–Kier alpha value is -1.29. The van der Waals surface area contributed by atoms with Gasteiger partial charge in [-0.1, -0.05) is 0 Å². The van der Waals surface area contributed by atoms with Crippen molar-refractivity contribution >= 4 is 5.91 Å². The molecule has 90 valence electrons. The topological polar surface area (TPSA) is 62.5 Å². The van der Waals surface area contributed by atoms with Gasteiger partial charge in [0, 0.05) is 13.0 Å². The summed E-state index contributed by atoms with van der Waals surface area (Å²) >= 11 is 0. The second-order valence-electron chi connectivity index (χ2n) is 3.92. The number of hydrogen-bond donors (Lipinski definition) is 2. The van der Waals surface area contributed by atoms with E-state index in [1.165, 1.54) is 0 Å². The van der Waals surface area contributed by atoms with Crippen molar-refractivity contribution in [2.24, 2.45) is 0 Å². The van der Waals surface area contributed by atoms with Crippen molar-refractivity contribution in [1.29, 1.82) is 0 Å². The minimum Gasteiger partial charge on any atom is -0.464 e. The highest BCUT2D eigenvalue weighted by atomic mass is 16.3. The zero-order valence-electron chi connectivity index (χ0n) is 9.82. The predicted octanol–water partition coefficient (Wildman–Crippen LogP) is 1.93. The molecule has 0 aromatic carbocycles. The van der Waals surface area contributed by atoms with E-state index in [2.05, 4.69) is 5.32 Å². The van der Waals surface area contributed by atoms with Crippen molar-refractivity contribution in [1.82, 2.24) is 5.32 Å². The van der Waals surface area contributed by atoms with E-state index in [0.717, 1.165) is 11.5 Å². The lowest BCUT2D eigenvalue weighted by atomic mass is 10.2. The van der Waals surface area contributed by atoms with Crippen LogP contribution < -0.4 is 5.32 Å². The summed E-state index contributed by atoms with van der Waals surface area (Å²) in [6.45, 7) is 3.90. The molecule has 0 saturated carbocycles. The van der Waals surface area contributed by atoms with E-state index in [4.69, 9.17) is 9.52 Å². The van der Waals surface area contributed by atoms with Crippen LogP contribution in [0.2, 0.25) is 0 Å². The molecule has 1 atom stereocenters. The Bertz CT molecular complexity index is 333. The second-order valence-corrected chi connectivity index (χ2v) is 3.92. The lowest BCUT2D eigenvalue weighted by Crippen LogP contribution is -2.26. The van der Waals surface area contributed by atoms with Gasteiger partial charge < -0.3 is 14.8 Å². The quantitative estimate of drug-likeness (QED) is 0.727. The predicted molar refractivity (Wildman–Crippen MR) is 60.9 cm³/mol. The summed E-state index contributed by atoms with van der Waals surface area (Å²) in [4.78, 5) is 11.5. The average Bonchev–Trinajstić information content (AvgIpc) is 2.65. The van der Waals surface area contributed by atoms with Gasteiger partial charge in [0.1, 0.15) is 11.5 Å². The van der Waals surface area contributed by atoms with Gasteiger partial charge in [-0.15, -0.1) is 0 Å². The normalized spacial score (nSPS) is 12.4. The van der Waals surface area contributed by atoms with Gasteiger partial charge >= 0.3 is 0 Å². The molecule has 1 aromatic heterocycles. The maximum Gasteiger partial charge on any atom is 0.220 e. The molecule has 0 aliphatic carbocycles. The van der Waals surface area contributed by atoms with Gasteiger partial charge in [0.05, 0.1) is 6.04 Å². The maximum atomic E-state index is 11.5. The zero-order valence-corrected chi connectivity index (χ0v) is 9.82. The van der Waals surface area contributed by atoms with Gasteiger partial charge in [-0.05, 0) is 38.8 Å². The Balaban J connectivity index is 2.33. The van der Waals surface area contributed by atoms with E-state index >= 15 is 0 Å². The van der Waals surface area contributed by atoms with E-state index in [1.54, 1.807) is 0 Å². The summed E-state index contributed by atoms with van der Waals surface area (Å²) in [5.41, 5.74) is 0. The van der Waals surface area contributed by atoms with Gasteiger partial charge in [0.2, 0.25) is 5.91 Å². The van der Waals surface area contributed by atoms with Gasteiger partial charge in [0.15, 0.2) is 0 Å². The number of aryl methyl sites for hydroxylation is 1. The third-order valence-corrected chi connectivity index (χ3v) is 2.38. The van der Waals surface area contributed by atoms with Gasteiger partial charge in [-0.25, -0.2) is 0 Å². The Morgan fingerprint density at radius 1 is 1.50 bits per heavy atom. The molecule has 1 unspecified atom stereocenters. The molecule has 1 aromatic rings. The van der Waals surface area contributed by atoms with Gasteiger partial charge in [0.25, 0.3) is 0 Å². The number of amides is 1. The summed E-state index contributed by atoms with van der Waals surface area (Å²) < 4.78 is 5.42. The summed E-state index contributed by atoms with van der Waals surface area (Å²) in [7, 11) is 0. The summed E-state index contributed by atoms with van der Waals surface area (Å²) in [5.74, 6) is 1.61. The van der Waals surface area contributed by atoms with Gasteiger partial charge in [-0.2, -0.15) is 0 Å². The van der Waals surface area contributed by atoms with Crippen LogP contribution in [0.25, 0.3) is 0 Å². The Morgan fingerprint density at radius 3 is 2.81 bits per heavy atom. The molecule has 0 aliphatic heterocycles. The first-order chi connectivity index (χ1) is 7.63. The van der Waals surface area contributed by atoms with Crippen LogP contribution in [-0.4, -0.2) is 17.6 Å². The number of carbonyl (C=O) groups excluding carboxylic acids is 1. The number of furan rings is 1. The fraction of sp³-hybridized carbons (Fsp3) is 0.583. The molecule has 0 fully saturated rings. The van der Waals surface area contributed by atoms with Crippen molar-refractivity contribution in [3.8, 4) is 0 Å². The van der Waals surface area contributed by atoms with E-state index in [9.17, 15) is 4.79 Å². The molecule has 4 heteroatoms. The van der Waals surface area contributed by atoms with E-state index in [1.807, 2.05) is 26.0 Å². The highest BCUT2D eigenvalue weighted by Crippen LogP contribution is 2.15. The maximum absolute atomic E-state index is 11.5. The van der Waals surface area contributed by atoms with Crippen LogP contribution in [0.1, 0.15) is 43.7 Å². The first-order valence-electron chi connectivity index (χ1n) is 5.60. The van der Waals surface area contributed by atoms with Crippen LogP contribution in [0.4, 0.5) is 0 Å². The number of rotatable bonds is 6. The minimum absolute atomic E-state index is 0.00463. The van der Waals surface area contributed by atoms with E-state index < -0.39 is 0 Å². The number of carbonyl (C=O) groups is 1. The largest absolute Gasteiger partial charge is 0.464 e. The summed E-state index contributed by atoms with van der Waals surface area (Å²) in [6.07, 6.45) is 1.83. The van der Waals surface area contributed by atoms with Crippen LogP contribution in [0.3, 0.4) is 0 Å². The molecule has 16 heavy (non-hydrogen) atoms. The molecule has 0 spiro atoms. The summed E-state index contributed by atoms with van der Waals surface area (Å²) in [5, 5.41) is 11.4. The van der Waals surface area contributed by atoms with Crippen LogP contribution >= 0.6 is 0 Å². The minimum atomic E-state index is -0.102. The molecule has 0 saturated heterocycles. The average molecular weight is 225 g/mol. The van der Waals surface area contributed by atoms with Crippen molar-refractivity contribution in [2.75, 3.05) is 6.61 Å². The van der Waals surface area contributed by atoms with E-state index in [0.29, 0.717) is 19.3 Å². The smallest absolute Gasteiger partial charge is 0.220 e. The van der Waals surface area contributed by atoms with E-state index in [-0.39, 0.29) is 18.6 Å². The Kier molecular flexibility index (Phi) is 5.05. The number of nitrogens with one attached hydrogen (secondary N) is 1. The van der Waals surface area contributed by atoms with Crippen molar-refractivity contribution in [3.05, 3.63) is 23.7 Å². The molecule has 2 N–H and O–H groups in total. The highest BCUT2D eigenvalue weighted by Gasteiger charge is 2.11. The molecule has 1 rings (SSSR count). The molecule has 1 heterocycles. The van der Waals surface area contributed by atoms with Crippen molar-refractivity contribution in [3.63, 3.8) is 0 Å². The lowest BCUT2D eigenvalue weighted by molar-refractivity contribution is -0.122. The Morgan fingerprint density at radius 2 is 2.25 bits per heavy atom. The first-order valence-corrected chi connectivity index (χ1v) is 5.60. The molecule has 0 aliphatic rings. The Labute approximate surface area is 95.7 Å². The third kappa shape index (κ3) is 4.06. The fourth-order valence-corrected chi connectivity index (χ4v) is 1.47. The zero-order chi connectivity index (χ0) is 12.0. The second kappa shape index (κ2) is 6.33. The molecule has 0 bridgehead atoms. The highest BCUT2D eigenvalue weighted by molar-refractivity contribution is 5.76. The number of unbranched alkanes of at least 4 members (excludes halogenated alkanes) is 1. The van der Waals surface area contributed by atoms with Crippen molar-refractivity contribution in [2.45, 2.75) is 39.2 Å². The fourth-order valence-electron chi connectivity index (χ4n) is 1.47. The first kappa shape index (κ1) is 12.8. The standard InChI is InChI=1S/C12H19NO3/c1-9-6-7-11(16-9)10(2)13-12(15)5-3-4-8-14/h6-7,10,14H,3-5,8H2,1-2H3,(H,13,15). The van der Waals surface area contributed by atoms with Crippen LogP contribution in [0.5, 0.6) is 0 Å². The van der Waals surface area contributed by atoms with Crippen LogP contribution in [0, 0.1) is 6.92 Å². The molecular formula is C12H19NO3. The SMILES string of the molecule is Cc1ccc(C(C)NC(=O)CCCCO)o1. The number of aliphatic hydroxyl groups is 1. The molecule has 0 radical (unpaired) electrons. The van der Waals surface area contributed by atoms with Crippen molar-refractivity contribution < 1.29 is 14.3 Å².